The van der Waals surface area contributed by atoms with Crippen LogP contribution in [0.1, 0.15) is 38.3 Å². The first kappa shape index (κ1) is 14.4. The van der Waals surface area contributed by atoms with Gasteiger partial charge in [-0.15, -0.1) is 0 Å². The minimum absolute atomic E-state index is 0.244. The van der Waals surface area contributed by atoms with Gasteiger partial charge in [-0.25, -0.2) is 0 Å². The van der Waals surface area contributed by atoms with Gasteiger partial charge in [0.2, 0.25) is 0 Å². The summed E-state index contributed by atoms with van der Waals surface area (Å²) in [5.41, 5.74) is 1.01. The summed E-state index contributed by atoms with van der Waals surface area (Å²) < 4.78 is 0. The van der Waals surface area contributed by atoms with Crippen molar-refractivity contribution < 1.29 is 5.11 Å². The van der Waals surface area contributed by atoms with Gasteiger partial charge in [0.1, 0.15) is 5.75 Å². The van der Waals surface area contributed by atoms with E-state index in [2.05, 4.69) is 25.4 Å². The van der Waals surface area contributed by atoms with Crippen LogP contribution in [0.3, 0.4) is 0 Å². The molecule has 0 spiro atoms. The van der Waals surface area contributed by atoms with Crippen molar-refractivity contribution in [3.63, 3.8) is 0 Å². The van der Waals surface area contributed by atoms with Gasteiger partial charge in [-0.3, -0.25) is 0 Å². The van der Waals surface area contributed by atoms with Gasteiger partial charge in [0, 0.05) is 23.4 Å². The van der Waals surface area contributed by atoms with Gasteiger partial charge in [-0.2, -0.15) is 11.8 Å². The number of nitrogens with one attached hydrogen (secondary N) is 1. The van der Waals surface area contributed by atoms with E-state index in [1.807, 2.05) is 30.0 Å². The summed E-state index contributed by atoms with van der Waals surface area (Å²) in [7, 11) is 0. The zero-order valence-electron chi connectivity index (χ0n) is 10.9. The predicted molar refractivity (Wildman–Crippen MR) is 76.7 cm³/mol. The Morgan fingerprint density at radius 1 is 1.24 bits per heavy atom. The highest BCUT2D eigenvalue weighted by molar-refractivity contribution is 7.98. The lowest BCUT2D eigenvalue weighted by atomic mass is 10.0. The van der Waals surface area contributed by atoms with E-state index >= 15 is 0 Å². The second kappa shape index (κ2) is 7.62. The Hall–Kier alpha value is -0.670. The highest BCUT2D eigenvalue weighted by atomic mass is 32.2. The normalized spacial score (nSPS) is 14.5. The van der Waals surface area contributed by atoms with E-state index in [1.165, 1.54) is 0 Å². The van der Waals surface area contributed by atoms with E-state index in [-0.39, 0.29) is 6.04 Å². The summed E-state index contributed by atoms with van der Waals surface area (Å²) in [6, 6.07) is 8.36. The maximum atomic E-state index is 9.88. The summed E-state index contributed by atoms with van der Waals surface area (Å²) in [4.78, 5) is 0. The topological polar surface area (TPSA) is 32.3 Å². The molecule has 2 nitrogen and oxygen atoms in total. The molecule has 0 aliphatic heterocycles. The molecule has 0 bridgehead atoms. The number of phenolic OH excluding ortho intramolecular Hbond substituents is 1. The summed E-state index contributed by atoms with van der Waals surface area (Å²) >= 11 is 1.86. The van der Waals surface area contributed by atoms with Crippen molar-refractivity contribution in [2.75, 3.05) is 12.0 Å². The van der Waals surface area contributed by atoms with E-state index in [1.54, 1.807) is 6.07 Å². The van der Waals surface area contributed by atoms with Gasteiger partial charge in [0.05, 0.1) is 0 Å². The van der Waals surface area contributed by atoms with Crippen LogP contribution < -0.4 is 5.32 Å². The van der Waals surface area contributed by atoms with E-state index in [0.717, 1.165) is 24.2 Å². The minimum Gasteiger partial charge on any atom is -0.508 e. The first-order valence-electron chi connectivity index (χ1n) is 6.25. The number of hydrogen-bond donors (Lipinski definition) is 2. The van der Waals surface area contributed by atoms with Crippen molar-refractivity contribution in [3.8, 4) is 5.75 Å². The molecule has 1 aromatic rings. The SMILES string of the molecule is CCC(CSC)NC(CC)c1ccccc1O. The predicted octanol–water partition coefficient (Wildman–Crippen LogP) is 3.57. The molecule has 1 rings (SSSR count). The Morgan fingerprint density at radius 2 is 1.94 bits per heavy atom. The number of para-hydroxylation sites is 1. The molecule has 0 amide bonds. The molecule has 0 fully saturated rings. The third-order valence-corrected chi connectivity index (χ3v) is 3.75. The molecular weight excluding hydrogens is 230 g/mol. The van der Waals surface area contributed by atoms with Gasteiger partial charge < -0.3 is 10.4 Å². The van der Waals surface area contributed by atoms with Crippen LogP contribution in [0, 0.1) is 0 Å². The lowest BCUT2D eigenvalue weighted by Gasteiger charge is -2.24. The largest absolute Gasteiger partial charge is 0.508 e. The van der Waals surface area contributed by atoms with Crippen molar-refractivity contribution in [1.29, 1.82) is 0 Å². The molecule has 0 saturated carbocycles. The number of hydrogen-bond acceptors (Lipinski definition) is 3. The zero-order chi connectivity index (χ0) is 12.7. The fraction of sp³-hybridized carbons (Fsp3) is 0.571. The van der Waals surface area contributed by atoms with Crippen LogP contribution in [-0.4, -0.2) is 23.2 Å². The van der Waals surface area contributed by atoms with Crippen LogP contribution in [0.15, 0.2) is 24.3 Å². The Labute approximate surface area is 109 Å². The third kappa shape index (κ3) is 4.25. The monoisotopic (exact) mass is 253 g/mol. The maximum Gasteiger partial charge on any atom is 0.120 e. The fourth-order valence-corrected chi connectivity index (χ4v) is 2.71. The number of phenols is 1. The lowest BCUT2D eigenvalue weighted by Crippen LogP contribution is -2.34. The quantitative estimate of drug-likeness (QED) is 0.779. The second-order valence-corrected chi connectivity index (χ2v) is 5.16. The van der Waals surface area contributed by atoms with Gasteiger partial charge in [-0.05, 0) is 25.2 Å². The highest BCUT2D eigenvalue weighted by Crippen LogP contribution is 2.26. The Morgan fingerprint density at radius 3 is 2.47 bits per heavy atom. The van der Waals surface area contributed by atoms with E-state index in [0.29, 0.717) is 11.8 Å². The molecule has 0 aliphatic rings. The molecular formula is C14H23NOS. The molecule has 0 aliphatic carbocycles. The molecule has 2 unspecified atom stereocenters. The number of benzene rings is 1. The molecule has 0 saturated heterocycles. The standard InChI is InChI=1S/C14H23NOS/c1-4-11(10-17-3)15-13(5-2)12-8-6-7-9-14(12)16/h6-9,11,13,15-16H,4-5,10H2,1-3H3. The first-order valence-corrected chi connectivity index (χ1v) is 7.65. The molecule has 0 heterocycles. The highest BCUT2D eigenvalue weighted by Gasteiger charge is 2.16. The average molecular weight is 253 g/mol. The van der Waals surface area contributed by atoms with E-state index in [9.17, 15) is 5.11 Å². The van der Waals surface area contributed by atoms with Crippen molar-refractivity contribution in [1.82, 2.24) is 5.32 Å². The number of aromatic hydroxyl groups is 1. The molecule has 1 aromatic carbocycles. The van der Waals surface area contributed by atoms with Crippen LogP contribution in [-0.2, 0) is 0 Å². The molecule has 2 atom stereocenters. The van der Waals surface area contributed by atoms with Gasteiger partial charge in [0.25, 0.3) is 0 Å². The van der Waals surface area contributed by atoms with Crippen LogP contribution in [0.25, 0.3) is 0 Å². The van der Waals surface area contributed by atoms with Gasteiger partial charge >= 0.3 is 0 Å². The second-order valence-electron chi connectivity index (χ2n) is 4.25. The van der Waals surface area contributed by atoms with Crippen LogP contribution >= 0.6 is 11.8 Å². The molecule has 96 valence electrons. The number of thioether (sulfide) groups is 1. The fourth-order valence-electron chi connectivity index (χ4n) is 1.98. The summed E-state index contributed by atoms with van der Waals surface area (Å²) in [5.74, 6) is 1.51. The molecule has 0 aromatic heterocycles. The van der Waals surface area contributed by atoms with Gasteiger partial charge in [0.15, 0.2) is 0 Å². The van der Waals surface area contributed by atoms with Crippen LogP contribution in [0.2, 0.25) is 0 Å². The maximum absolute atomic E-state index is 9.88. The summed E-state index contributed by atoms with van der Waals surface area (Å²) in [6.07, 6.45) is 4.23. The summed E-state index contributed by atoms with van der Waals surface area (Å²) in [5, 5.41) is 13.5. The Kier molecular flexibility index (Phi) is 6.45. The molecule has 17 heavy (non-hydrogen) atoms. The Bertz CT molecular complexity index is 330. The summed E-state index contributed by atoms with van der Waals surface area (Å²) in [6.45, 7) is 4.35. The van der Waals surface area contributed by atoms with E-state index in [4.69, 9.17) is 0 Å². The third-order valence-electron chi connectivity index (χ3n) is 3.02. The molecule has 0 radical (unpaired) electrons. The van der Waals surface area contributed by atoms with Crippen LogP contribution in [0.4, 0.5) is 0 Å². The van der Waals surface area contributed by atoms with Crippen molar-refractivity contribution in [2.45, 2.75) is 38.8 Å². The zero-order valence-corrected chi connectivity index (χ0v) is 11.8. The van der Waals surface area contributed by atoms with Crippen molar-refractivity contribution in [2.24, 2.45) is 0 Å². The van der Waals surface area contributed by atoms with Crippen LogP contribution in [0.5, 0.6) is 5.75 Å². The lowest BCUT2D eigenvalue weighted by molar-refractivity contribution is 0.412. The molecule has 3 heteroatoms. The van der Waals surface area contributed by atoms with E-state index < -0.39 is 0 Å². The average Bonchev–Trinajstić information content (AvgIpc) is 2.35. The van der Waals surface area contributed by atoms with Crippen molar-refractivity contribution >= 4 is 11.8 Å². The smallest absolute Gasteiger partial charge is 0.120 e. The first-order chi connectivity index (χ1) is 8.22. The molecule has 2 N–H and O–H groups in total. The Balaban J connectivity index is 2.74. The van der Waals surface area contributed by atoms with Crippen molar-refractivity contribution in [3.05, 3.63) is 29.8 Å². The number of rotatable bonds is 7. The minimum atomic E-state index is 0.244. The van der Waals surface area contributed by atoms with Gasteiger partial charge in [-0.1, -0.05) is 32.0 Å².